The fourth-order valence-corrected chi connectivity index (χ4v) is 1.80. The number of aromatic nitrogens is 1. The Balaban J connectivity index is 2.33. The SMILES string of the molecule is N#Cc1cc(Cl)nc(Oc2ccc([N+](=O)[O-])cc2Cl)c1. The summed E-state index contributed by atoms with van der Waals surface area (Å²) in [6.07, 6.45) is 0. The highest BCUT2D eigenvalue weighted by Gasteiger charge is 2.12. The van der Waals surface area contributed by atoms with Gasteiger partial charge in [0.2, 0.25) is 5.88 Å². The lowest BCUT2D eigenvalue weighted by Crippen LogP contribution is -1.92. The van der Waals surface area contributed by atoms with Gasteiger partial charge in [-0.1, -0.05) is 23.2 Å². The molecule has 1 heterocycles. The highest BCUT2D eigenvalue weighted by atomic mass is 35.5. The van der Waals surface area contributed by atoms with Crippen LogP contribution in [0.25, 0.3) is 0 Å². The van der Waals surface area contributed by atoms with Gasteiger partial charge < -0.3 is 4.74 Å². The maximum atomic E-state index is 10.6. The molecule has 0 saturated carbocycles. The number of nitro benzene ring substituents is 1. The zero-order valence-electron chi connectivity index (χ0n) is 9.71. The molecule has 100 valence electrons. The van der Waals surface area contributed by atoms with E-state index in [1.54, 1.807) is 0 Å². The van der Waals surface area contributed by atoms with Gasteiger partial charge in [0.05, 0.1) is 21.6 Å². The van der Waals surface area contributed by atoms with Crippen LogP contribution in [0.3, 0.4) is 0 Å². The van der Waals surface area contributed by atoms with Crippen LogP contribution in [0.1, 0.15) is 5.56 Å². The van der Waals surface area contributed by atoms with E-state index in [2.05, 4.69) is 4.98 Å². The van der Waals surface area contributed by atoms with Crippen LogP contribution in [0.15, 0.2) is 30.3 Å². The lowest BCUT2D eigenvalue weighted by atomic mass is 10.3. The summed E-state index contributed by atoms with van der Waals surface area (Å²) in [6, 6.07) is 8.41. The third-order valence-electron chi connectivity index (χ3n) is 2.24. The van der Waals surface area contributed by atoms with Crippen molar-refractivity contribution in [2.45, 2.75) is 0 Å². The van der Waals surface area contributed by atoms with Crippen molar-refractivity contribution in [1.29, 1.82) is 5.26 Å². The molecule has 1 aromatic heterocycles. The van der Waals surface area contributed by atoms with Crippen molar-refractivity contribution in [3.63, 3.8) is 0 Å². The topological polar surface area (TPSA) is 89.0 Å². The molecule has 0 bridgehead atoms. The largest absolute Gasteiger partial charge is 0.437 e. The summed E-state index contributed by atoms with van der Waals surface area (Å²) < 4.78 is 5.37. The normalized spacial score (nSPS) is 9.85. The molecule has 2 aromatic rings. The molecule has 0 amide bonds. The quantitative estimate of drug-likeness (QED) is 0.486. The molecule has 0 spiro atoms. The Morgan fingerprint density at radius 3 is 2.65 bits per heavy atom. The first kappa shape index (κ1) is 14.1. The number of nitro groups is 1. The van der Waals surface area contributed by atoms with E-state index in [0.29, 0.717) is 0 Å². The van der Waals surface area contributed by atoms with E-state index in [-0.39, 0.29) is 33.1 Å². The summed E-state index contributed by atoms with van der Waals surface area (Å²) >= 11 is 11.6. The number of non-ortho nitro benzene ring substituents is 1. The van der Waals surface area contributed by atoms with Gasteiger partial charge in [0.15, 0.2) is 0 Å². The van der Waals surface area contributed by atoms with Crippen LogP contribution in [0, 0.1) is 21.4 Å². The van der Waals surface area contributed by atoms with Crippen molar-refractivity contribution in [3.8, 4) is 17.7 Å². The van der Waals surface area contributed by atoms with Crippen molar-refractivity contribution in [2.24, 2.45) is 0 Å². The second kappa shape index (κ2) is 5.74. The van der Waals surface area contributed by atoms with Crippen LogP contribution in [0.4, 0.5) is 5.69 Å². The van der Waals surface area contributed by atoms with Gasteiger partial charge in [-0.15, -0.1) is 0 Å². The molecule has 0 aliphatic carbocycles. The average molecular weight is 310 g/mol. The van der Waals surface area contributed by atoms with Gasteiger partial charge in [-0.2, -0.15) is 5.26 Å². The molecule has 0 radical (unpaired) electrons. The number of pyridine rings is 1. The number of nitriles is 1. The van der Waals surface area contributed by atoms with Crippen LogP contribution in [-0.2, 0) is 0 Å². The smallest absolute Gasteiger partial charge is 0.271 e. The molecule has 8 heteroatoms. The molecule has 0 aliphatic rings. The van der Waals surface area contributed by atoms with E-state index < -0.39 is 4.92 Å². The molecule has 0 fully saturated rings. The van der Waals surface area contributed by atoms with E-state index in [9.17, 15) is 10.1 Å². The number of benzene rings is 1. The summed E-state index contributed by atoms with van der Waals surface area (Å²) in [4.78, 5) is 13.9. The third-order valence-corrected chi connectivity index (χ3v) is 2.73. The number of hydrogen-bond donors (Lipinski definition) is 0. The van der Waals surface area contributed by atoms with Crippen LogP contribution >= 0.6 is 23.2 Å². The maximum Gasteiger partial charge on any atom is 0.271 e. The third kappa shape index (κ3) is 3.15. The second-order valence-corrected chi connectivity index (χ2v) is 4.40. The number of rotatable bonds is 3. The lowest BCUT2D eigenvalue weighted by Gasteiger charge is -2.07. The Morgan fingerprint density at radius 1 is 1.30 bits per heavy atom. The Labute approximate surface area is 123 Å². The van der Waals surface area contributed by atoms with Gasteiger partial charge in [-0.3, -0.25) is 10.1 Å². The van der Waals surface area contributed by atoms with Crippen LogP contribution < -0.4 is 4.74 Å². The minimum Gasteiger partial charge on any atom is -0.437 e. The monoisotopic (exact) mass is 309 g/mol. The first-order chi connectivity index (χ1) is 9.49. The molecule has 1 aromatic carbocycles. The number of ether oxygens (including phenoxy) is 1. The number of nitrogens with zero attached hydrogens (tertiary/aromatic N) is 3. The van der Waals surface area contributed by atoms with E-state index in [0.717, 1.165) is 6.07 Å². The minimum atomic E-state index is -0.568. The molecule has 0 aliphatic heterocycles. The molecule has 0 unspecified atom stereocenters. The Morgan fingerprint density at radius 2 is 2.05 bits per heavy atom. The van der Waals surface area contributed by atoms with Crippen molar-refractivity contribution in [1.82, 2.24) is 4.98 Å². The Hall–Kier alpha value is -2.36. The number of halogens is 2. The van der Waals surface area contributed by atoms with E-state index >= 15 is 0 Å². The van der Waals surface area contributed by atoms with E-state index in [4.69, 9.17) is 33.2 Å². The van der Waals surface area contributed by atoms with Crippen LogP contribution in [0.2, 0.25) is 10.2 Å². The second-order valence-electron chi connectivity index (χ2n) is 3.60. The van der Waals surface area contributed by atoms with Crippen molar-refractivity contribution in [2.75, 3.05) is 0 Å². The molecule has 20 heavy (non-hydrogen) atoms. The van der Waals surface area contributed by atoms with Gasteiger partial charge in [0.25, 0.3) is 5.69 Å². The summed E-state index contributed by atoms with van der Waals surface area (Å²) in [5.74, 6) is 0.251. The maximum absolute atomic E-state index is 10.6. The van der Waals surface area contributed by atoms with Crippen molar-refractivity contribution < 1.29 is 9.66 Å². The molecule has 2 rings (SSSR count). The summed E-state index contributed by atoms with van der Waals surface area (Å²) in [7, 11) is 0. The lowest BCUT2D eigenvalue weighted by molar-refractivity contribution is -0.384. The first-order valence-electron chi connectivity index (χ1n) is 5.19. The molecule has 0 N–H and O–H groups in total. The van der Waals surface area contributed by atoms with Gasteiger partial charge in [0, 0.05) is 18.2 Å². The average Bonchev–Trinajstić information content (AvgIpc) is 2.40. The molecular weight excluding hydrogens is 305 g/mol. The fraction of sp³-hybridized carbons (Fsp3) is 0. The van der Waals surface area contributed by atoms with E-state index in [1.165, 1.54) is 24.3 Å². The fourth-order valence-electron chi connectivity index (χ4n) is 1.39. The highest BCUT2D eigenvalue weighted by molar-refractivity contribution is 6.32. The molecule has 0 atom stereocenters. The standard InChI is InChI=1S/C12H5Cl2N3O3/c13-9-5-8(17(18)19)1-2-10(9)20-12-4-7(6-15)3-11(14)16-12/h1-5H. The summed E-state index contributed by atoms with van der Waals surface area (Å²) in [5.41, 5.74) is 0.122. The van der Waals surface area contributed by atoms with Gasteiger partial charge in [-0.05, 0) is 12.1 Å². The van der Waals surface area contributed by atoms with Crippen LogP contribution in [-0.4, -0.2) is 9.91 Å². The molecular formula is C12H5Cl2N3O3. The summed E-state index contributed by atoms with van der Waals surface area (Å²) in [5, 5.41) is 19.6. The van der Waals surface area contributed by atoms with Gasteiger partial charge in [-0.25, -0.2) is 4.98 Å². The number of hydrogen-bond acceptors (Lipinski definition) is 5. The first-order valence-corrected chi connectivity index (χ1v) is 5.94. The van der Waals surface area contributed by atoms with Crippen LogP contribution in [0.5, 0.6) is 11.6 Å². The van der Waals surface area contributed by atoms with Gasteiger partial charge in [0.1, 0.15) is 10.9 Å². The van der Waals surface area contributed by atoms with Crippen molar-refractivity contribution in [3.05, 3.63) is 56.2 Å². The van der Waals surface area contributed by atoms with Gasteiger partial charge >= 0.3 is 0 Å². The summed E-state index contributed by atoms with van der Waals surface area (Å²) in [6.45, 7) is 0. The van der Waals surface area contributed by atoms with Crippen molar-refractivity contribution >= 4 is 28.9 Å². The predicted molar refractivity (Wildman–Crippen MR) is 72.1 cm³/mol. The Bertz CT molecular complexity index is 728. The predicted octanol–water partition coefficient (Wildman–Crippen LogP) is 3.96. The van der Waals surface area contributed by atoms with E-state index in [1.807, 2.05) is 6.07 Å². The Kier molecular flexibility index (Phi) is 4.03. The zero-order chi connectivity index (χ0) is 14.7. The zero-order valence-corrected chi connectivity index (χ0v) is 11.2. The minimum absolute atomic E-state index is 0.0551. The molecule has 6 nitrogen and oxygen atoms in total. The highest BCUT2D eigenvalue weighted by Crippen LogP contribution is 2.32. The molecule has 0 saturated heterocycles.